The van der Waals surface area contributed by atoms with E-state index < -0.39 is 10.9 Å². The summed E-state index contributed by atoms with van der Waals surface area (Å²) in [7, 11) is 1.61. The Hall–Kier alpha value is -3.97. The number of halogens is 1. The van der Waals surface area contributed by atoms with Crippen molar-refractivity contribution in [2.24, 2.45) is 0 Å². The Morgan fingerprint density at radius 1 is 0.879 bits per heavy atom. The molecular weight excluding hydrogens is 421 g/mol. The van der Waals surface area contributed by atoms with Crippen LogP contribution in [0.1, 0.15) is 35.7 Å². The predicted octanol–water partition coefficient (Wildman–Crippen LogP) is 4.20. The molecule has 4 aromatic rings. The molecule has 0 fully saturated rings. The Kier molecular flexibility index (Phi) is 6.24. The van der Waals surface area contributed by atoms with E-state index in [4.69, 9.17) is 10.5 Å². The van der Waals surface area contributed by atoms with Crippen molar-refractivity contribution in [2.75, 3.05) is 18.2 Å². The summed E-state index contributed by atoms with van der Waals surface area (Å²) in [6.45, 7) is 1.97. The molecule has 168 valence electrons. The molecule has 4 rings (SSSR count). The van der Waals surface area contributed by atoms with E-state index >= 15 is 0 Å². The van der Waals surface area contributed by atoms with E-state index in [-0.39, 0.29) is 29.3 Å². The van der Waals surface area contributed by atoms with Crippen LogP contribution in [-0.4, -0.2) is 7.11 Å². The lowest BCUT2D eigenvalue weighted by Crippen LogP contribution is -2.36. The second-order valence-corrected chi connectivity index (χ2v) is 7.85. The number of methoxy groups -OCH3 is 1. The average molecular weight is 445 g/mol. The Morgan fingerprint density at radius 2 is 1.55 bits per heavy atom. The number of anilines is 3. The summed E-state index contributed by atoms with van der Waals surface area (Å²) >= 11 is 0. The number of benzene rings is 3. The number of hydrogen-bond acceptors (Lipinski definition) is 6. The number of rotatable bonds is 8. The molecule has 4 aromatic carbocycles. The van der Waals surface area contributed by atoms with Crippen molar-refractivity contribution in [3.8, 4) is 5.75 Å². The molecule has 0 bridgehead atoms. The zero-order valence-electron chi connectivity index (χ0n) is 18.3. The molecule has 1 unspecified atom stereocenters. The minimum Gasteiger partial charge on any atom is -0.497 e. The van der Waals surface area contributed by atoms with E-state index in [0.717, 1.165) is 16.7 Å². The molecule has 33 heavy (non-hydrogen) atoms. The Balaban J connectivity index is 1.70. The van der Waals surface area contributed by atoms with Gasteiger partial charge in [0.1, 0.15) is 22.9 Å². The number of nitrogens with one attached hydrogen (secondary N) is 2. The lowest BCUT2D eigenvalue weighted by atomic mass is 9.96. The Morgan fingerprint density at radius 3 is 2.24 bits per heavy atom. The average Bonchev–Trinajstić information content (AvgIpc) is 2.85. The zero-order valence-corrected chi connectivity index (χ0v) is 18.3. The van der Waals surface area contributed by atoms with Gasteiger partial charge in [-0.05, 0) is 60.0 Å². The molecule has 0 heterocycles. The van der Waals surface area contributed by atoms with Crippen LogP contribution in [0, 0.1) is 5.82 Å². The van der Waals surface area contributed by atoms with E-state index in [0.29, 0.717) is 11.4 Å². The van der Waals surface area contributed by atoms with E-state index in [1.165, 1.54) is 12.1 Å². The largest absolute Gasteiger partial charge is 0.497 e. The fourth-order valence-electron chi connectivity index (χ4n) is 3.80. The van der Waals surface area contributed by atoms with Gasteiger partial charge in [0.15, 0.2) is 0 Å². The first-order chi connectivity index (χ1) is 15.9. The van der Waals surface area contributed by atoms with Crippen molar-refractivity contribution in [3.05, 3.63) is 116 Å². The summed E-state index contributed by atoms with van der Waals surface area (Å²) in [5.41, 5.74) is 7.69. The highest BCUT2D eigenvalue weighted by Crippen LogP contribution is 2.30. The van der Waals surface area contributed by atoms with E-state index in [1.54, 1.807) is 19.2 Å². The van der Waals surface area contributed by atoms with Gasteiger partial charge in [-0.1, -0.05) is 36.4 Å². The monoisotopic (exact) mass is 445 g/mol. The van der Waals surface area contributed by atoms with Crippen molar-refractivity contribution in [2.45, 2.75) is 19.0 Å². The van der Waals surface area contributed by atoms with E-state index in [2.05, 4.69) is 10.6 Å². The van der Waals surface area contributed by atoms with E-state index in [1.807, 2.05) is 55.5 Å². The van der Waals surface area contributed by atoms with Gasteiger partial charge in [-0.15, -0.1) is 0 Å². The first-order valence-corrected chi connectivity index (χ1v) is 10.5. The zero-order chi connectivity index (χ0) is 23.5. The van der Waals surface area contributed by atoms with Crippen molar-refractivity contribution >= 4 is 17.1 Å². The predicted molar refractivity (Wildman–Crippen MR) is 128 cm³/mol. The molecule has 0 saturated carbocycles. The molecular formula is C26H24FN3O3. The standard InChI is InChI=1S/C26H24FN3O3/c1-15(16-6-3-9-19(27)12-16)29-23(18-8-5-11-21(14-18)33-2)17-7-4-10-20(13-17)30-24-22(28)25(31)26(24)32/h3-15,23,29-30H,28H2,1-2H3/t15-,23?/m0/s1. The van der Waals surface area contributed by atoms with Gasteiger partial charge in [0, 0.05) is 11.7 Å². The lowest BCUT2D eigenvalue weighted by Gasteiger charge is -2.26. The van der Waals surface area contributed by atoms with Crippen LogP contribution in [0.15, 0.2) is 82.4 Å². The van der Waals surface area contributed by atoms with E-state index in [9.17, 15) is 14.0 Å². The van der Waals surface area contributed by atoms with Gasteiger partial charge in [0.2, 0.25) is 0 Å². The summed E-state index contributed by atoms with van der Waals surface area (Å²) in [4.78, 5) is 23.3. The van der Waals surface area contributed by atoms with Gasteiger partial charge in [-0.2, -0.15) is 0 Å². The summed E-state index contributed by atoms with van der Waals surface area (Å²) in [6.07, 6.45) is 0. The maximum absolute atomic E-state index is 13.8. The van der Waals surface area contributed by atoms with Gasteiger partial charge >= 0.3 is 0 Å². The first kappa shape index (κ1) is 22.2. The summed E-state index contributed by atoms with van der Waals surface area (Å²) in [5.74, 6) is 0.416. The van der Waals surface area contributed by atoms with Gasteiger partial charge in [0.25, 0.3) is 10.9 Å². The second-order valence-electron chi connectivity index (χ2n) is 7.85. The van der Waals surface area contributed by atoms with Crippen molar-refractivity contribution < 1.29 is 9.13 Å². The van der Waals surface area contributed by atoms with Gasteiger partial charge < -0.3 is 15.8 Å². The molecule has 0 aromatic heterocycles. The van der Waals surface area contributed by atoms with Gasteiger partial charge in [-0.3, -0.25) is 14.9 Å². The third-order valence-corrected chi connectivity index (χ3v) is 5.63. The molecule has 0 saturated heterocycles. The fraction of sp³-hybridized carbons (Fsp3) is 0.154. The Bertz CT molecular complexity index is 1360. The topological polar surface area (TPSA) is 93.4 Å². The molecule has 0 aliphatic heterocycles. The molecule has 4 N–H and O–H groups in total. The SMILES string of the molecule is COc1cccc(C(N[C@@H](C)c2cccc(F)c2)c2cccc(Nc3c(N)c(=O)c3=O)c2)c1. The molecule has 0 spiro atoms. The maximum atomic E-state index is 13.8. The fourth-order valence-corrected chi connectivity index (χ4v) is 3.80. The third-order valence-electron chi connectivity index (χ3n) is 5.63. The highest BCUT2D eigenvalue weighted by Gasteiger charge is 2.21. The second kappa shape index (κ2) is 9.26. The molecule has 0 amide bonds. The van der Waals surface area contributed by atoms with Crippen LogP contribution in [0.25, 0.3) is 0 Å². The summed E-state index contributed by atoms with van der Waals surface area (Å²) in [5, 5.41) is 6.52. The molecule has 0 radical (unpaired) electrons. The highest BCUT2D eigenvalue weighted by molar-refractivity contribution is 5.76. The van der Waals surface area contributed by atoms with Gasteiger partial charge in [-0.25, -0.2) is 4.39 Å². The first-order valence-electron chi connectivity index (χ1n) is 10.5. The smallest absolute Gasteiger partial charge is 0.253 e. The van der Waals surface area contributed by atoms with Crippen LogP contribution in [-0.2, 0) is 0 Å². The highest BCUT2D eigenvalue weighted by atomic mass is 19.1. The molecule has 6 nitrogen and oxygen atoms in total. The van der Waals surface area contributed by atoms with Crippen LogP contribution in [0.3, 0.4) is 0 Å². The van der Waals surface area contributed by atoms with Crippen molar-refractivity contribution in [1.82, 2.24) is 5.32 Å². The summed E-state index contributed by atoms with van der Waals surface area (Å²) < 4.78 is 19.2. The normalized spacial score (nSPS) is 12.9. The minimum absolute atomic E-state index is 0.0624. The number of nitrogens with two attached hydrogens (primary N) is 1. The quantitative estimate of drug-likeness (QED) is 0.352. The molecule has 0 aliphatic carbocycles. The van der Waals surface area contributed by atoms with Gasteiger partial charge in [0.05, 0.1) is 13.2 Å². The van der Waals surface area contributed by atoms with Crippen LogP contribution in [0.5, 0.6) is 5.75 Å². The van der Waals surface area contributed by atoms with Crippen LogP contribution >= 0.6 is 0 Å². The van der Waals surface area contributed by atoms with Crippen molar-refractivity contribution in [1.29, 1.82) is 0 Å². The molecule has 7 heteroatoms. The van der Waals surface area contributed by atoms with Crippen LogP contribution in [0.4, 0.5) is 21.5 Å². The van der Waals surface area contributed by atoms with Crippen LogP contribution < -0.4 is 32.0 Å². The maximum Gasteiger partial charge on any atom is 0.253 e. The third kappa shape index (κ3) is 4.63. The number of nitrogen functional groups attached to an aromatic ring is 1. The molecule has 0 aliphatic rings. The van der Waals surface area contributed by atoms with Crippen molar-refractivity contribution in [3.63, 3.8) is 0 Å². The summed E-state index contributed by atoms with van der Waals surface area (Å²) in [6, 6.07) is 21.2. The lowest BCUT2D eigenvalue weighted by molar-refractivity contribution is 0.413. The molecule has 2 atom stereocenters. The Labute approximate surface area is 190 Å². The number of ether oxygens (including phenoxy) is 1. The van der Waals surface area contributed by atoms with Crippen LogP contribution in [0.2, 0.25) is 0 Å². The minimum atomic E-state index is -0.673. The number of hydrogen-bond donors (Lipinski definition) is 3.